The monoisotopic (exact) mass is 373 g/mol. The maximum absolute atomic E-state index is 13.0. The number of amides is 2. The van der Waals surface area contributed by atoms with Crippen LogP contribution in [0.2, 0.25) is 0 Å². The van der Waals surface area contributed by atoms with Crippen LogP contribution in [0.5, 0.6) is 0 Å². The van der Waals surface area contributed by atoms with E-state index in [1.807, 2.05) is 37.3 Å². The summed E-state index contributed by atoms with van der Waals surface area (Å²) < 4.78 is 0. The van der Waals surface area contributed by atoms with Gasteiger partial charge in [-0.25, -0.2) is 0 Å². The van der Waals surface area contributed by atoms with Gasteiger partial charge in [0, 0.05) is 28.7 Å². The average Bonchev–Trinajstić information content (AvgIpc) is 3.26. The Balaban J connectivity index is 1.36. The third-order valence-electron chi connectivity index (χ3n) is 6.13. The normalized spacial score (nSPS) is 19.4. The summed E-state index contributed by atoms with van der Waals surface area (Å²) in [7, 11) is 0. The minimum atomic E-state index is -0.505. The molecule has 1 aliphatic heterocycles. The van der Waals surface area contributed by atoms with Gasteiger partial charge < -0.3 is 15.2 Å². The number of hydrogen-bond donors (Lipinski definition) is 2. The van der Waals surface area contributed by atoms with Crippen LogP contribution >= 0.6 is 0 Å². The van der Waals surface area contributed by atoms with Crippen LogP contribution in [0.3, 0.4) is 0 Å². The van der Waals surface area contributed by atoms with Crippen LogP contribution in [0.15, 0.2) is 48.5 Å². The number of carbonyl (C=O) groups is 2. The van der Waals surface area contributed by atoms with Crippen molar-refractivity contribution >= 4 is 22.7 Å². The molecule has 2 aliphatic rings. The molecule has 2 heterocycles. The largest absolute Gasteiger partial charge is 0.356 e. The number of aromatic amines is 1. The molecule has 0 fully saturated rings. The Kier molecular flexibility index (Phi) is 3.97. The summed E-state index contributed by atoms with van der Waals surface area (Å²) in [5.74, 6) is -0.161. The smallest absolute Gasteiger partial charge is 0.255 e. The molecule has 5 rings (SSSR count). The van der Waals surface area contributed by atoms with E-state index in [-0.39, 0.29) is 17.9 Å². The van der Waals surface area contributed by atoms with E-state index in [0.717, 1.165) is 36.0 Å². The minimum absolute atomic E-state index is 0.0359. The predicted octanol–water partition coefficient (Wildman–Crippen LogP) is 3.71. The molecule has 28 heavy (non-hydrogen) atoms. The van der Waals surface area contributed by atoms with Crippen LogP contribution in [0, 0.1) is 0 Å². The molecule has 0 spiro atoms. The fourth-order valence-electron chi connectivity index (χ4n) is 4.58. The molecule has 1 aromatic heterocycles. The number of aryl methyl sites for hydroxylation is 1. The molecule has 0 saturated heterocycles. The van der Waals surface area contributed by atoms with Crippen molar-refractivity contribution in [3.63, 3.8) is 0 Å². The molecule has 3 aromatic rings. The zero-order valence-electron chi connectivity index (χ0n) is 15.9. The first-order valence-electron chi connectivity index (χ1n) is 9.92. The van der Waals surface area contributed by atoms with Gasteiger partial charge in [-0.15, -0.1) is 0 Å². The number of H-pyrrole nitrogens is 1. The van der Waals surface area contributed by atoms with Gasteiger partial charge in [0.15, 0.2) is 0 Å². The van der Waals surface area contributed by atoms with Gasteiger partial charge in [-0.05, 0) is 49.4 Å². The average molecular weight is 373 g/mol. The van der Waals surface area contributed by atoms with Gasteiger partial charge >= 0.3 is 0 Å². The first-order valence-corrected chi connectivity index (χ1v) is 9.92. The number of carbonyl (C=O) groups excluding carboxylic acids is 2. The number of fused-ring (bicyclic) bond motifs is 4. The van der Waals surface area contributed by atoms with Crippen molar-refractivity contribution in [3.8, 4) is 0 Å². The summed E-state index contributed by atoms with van der Waals surface area (Å²) in [4.78, 5) is 30.9. The van der Waals surface area contributed by atoms with E-state index in [2.05, 4.69) is 28.5 Å². The Labute approximate surface area is 163 Å². The van der Waals surface area contributed by atoms with Gasteiger partial charge in [-0.2, -0.15) is 0 Å². The zero-order chi connectivity index (χ0) is 19.3. The van der Waals surface area contributed by atoms with E-state index >= 15 is 0 Å². The standard InChI is InChI=1S/C23H23N3O2/c1-14(26-13-15-7-2-3-8-16(15)23(26)28)22(27)25-20-12-6-10-18-17-9-4-5-11-19(17)24-21(18)20/h2-5,7-9,11,14,20,24H,6,10,12-13H2,1H3,(H,25,27)/t14-,20+/m0/s1. The van der Waals surface area contributed by atoms with Crippen molar-refractivity contribution in [3.05, 3.63) is 70.9 Å². The second-order valence-corrected chi connectivity index (χ2v) is 7.78. The maximum atomic E-state index is 13.0. The van der Waals surface area contributed by atoms with Crippen LogP contribution in [0.4, 0.5) is 0 Å². The number of aromatic nitrogens is 1. The lowest BCUT2D eigenvalue weighted by atomic mass is 9.91. The van der Waals surface area contributed by atoms with E-state index < -0.39 is 6.04 Å². The molecule has 0 saturated carbocycles. The lowest BCUT2D eigenvalue weighted by Gasteiger charge is -2.28. The van der Waals surface area contributed by atoms with Gasteiger partial charge in [0.1, 0.15) is 6.04 Å². The highest BCUT2D eigenvalue weighted by molar-refractivity contribution is 6.01. The number of para-hydroxylation sites is 1. The lowest BCUT2D eigenvalue weighted by Crippen LogP contribution is -2.46. The first-order chi connectivity index (χ1) is 13.6. The SMILES string of the molecule is C[C@@H](C(=O)N[C@@H]1CCCc2c1[nH]c1ccccc21)N1Cc2ccccc2C1=O. The molecule has 0 unspecified atom stereocenters. The first kappa shape index (κ1) is 17.0. The molecule has 5 nitrogen and oxygen atoms in total. The highest BCUT2D eigenvalue weighted by Crippen LogP contribution is 2.35. The molecule has 2 atom stereocenters. The summed E-state index contributed by atoms with van der Waals surface area (Å²) in [6, 6.07) is 15.3. The van der Waals surface area contributed by atoms with Crippen LogP contribution < -0.4 is 5.32 Å². The van der Waals surface area contributed by atoms with E-state index in [1.54, 1.807) is 4.90 Å². The summed E-state index contributed by atoms with van der Waals surface area (Å²) in [6.45, 7) is 2.31. The molecule has 0 bridgehead atoms. The van der Waals surface area contributed by atoms with Crippen LogP contribution in [0.25, 0.3) is 10.9 Å². The molecule has 0 radical (unpaired) electrons. The topological polar surface area (TPSA) is 65.2 Å². The molecule has 142 valence electrons. The van der Waals surface area contributed by atoms with Crippen molar-refractivity contribution in [1.29, 1.82) is 0 Å². The summed E-state index contributed by atoms with van der Waals surface area (Å²) in [6.07, 6.45) is 2.98. The Hall–Kier alpha value is -3.08. The Morgan fingerprint density at radius 3 is 2.82 bits per heavy atom. The van der Waals surface area contributed by atoms with Crippen molar-refractivity contribution in [2.24, 2.45) is 0 Å². The molecule has 1 aliphatic carbocycles. The Morgan fingerprint density at radius 2 is 1.96 bits per heavy atom. The Morgan fingerprint density at radius 1 is 1.18 bits per heavy atom. The zero-order valence-corrected chi connectivity index (χ0v) is 15.9. The van der Waals surface area contributed by atoms with Gasteiger partial charge in [0.05, 0.1) is 6.04 Å². The summed E-state index contributed by atoms with van der Waals surface area (Å²) in [5.41, 5.74) is 5.24. The van der Waals surface area contributed by atoms with Gasteiger partial charge in [-0.3, -0.25) is 9.59 Å². The second kappa shape index (κ2) is 6.51. The van der Waals surface area contributed by atoms with Gasteiger partial charge in [0.2, 0.25) is 5.91 Å². The van der Waals surface area contributed by atoms with Gasteiger partial charge in [-0.1, -0.05) is 36.4 Å². The van der Waals surface area contributed by atoms with Crippen molar-refractivity contribution in [1.82, 2.24) is 15.2 Å². The van der Waals surface area contributed by atoms with Crippen molar-refractivity contribution < 1.29 is 9.59 Å². The molecule has 2 N–H and O–H groups in total. The van der Waals surface area contributed by atoms with Crippen LogP contribution in [0.1, 0.15) is 53.0 Å². The predicted molar refractivity (Wildman–Crippen MR) is 108 cm³/mol. The fraction of sp³-hybridized carbons (Fsp3) is 0.304. The third-order valence-corrected chi connectivity index (χ3v) is 6.13. The maximum Gasteiger partial charge on any atom is 0.255 e. The summed E-state index contributed by atoms with van der Waals surface area (Å²) >= 11 is 0. The molecular formula is C23H23N3O2. The lowest BCUT2D eigenvalue weighted by molar-refractivity contribution is -0.126. The quantitative estimate of drug-likeness (QED) is 0.735. The Bertz CT molecular complexity index is 1080. The third kappa shape index (κ3) is 2.61. The van der Waals surface area contributed by atoms with Crippen molar-refractivity contribution in [2.75, 3.05) is 0 Å². The number of hydrogen-bond acceptors (Lipinski definition) is 2. The minimum Gasteiger partial charge on any atom is -0.356 e. The highest BCUT2D eigenvalue weighted by Gasteiger charge is 2.35. The van der Waals surface area contributed by atoms with Crippen molar-refractivity contribution in [2.45, 2.75) is 44.8 Å². The van der Waals surface area contributed by atoms with Crippen LogP contribution in [-0.4, -0.2) is 27.7 Å². The number of benzene rings is 2. The number of nitrogens with zero attached hydrogens (tertiary/aromatic N) is 1. The molecule has 5 heteroatoms. The molecular weight excluding hydrogens is 350 g/mol. The fourth-order valence-corrected chi connectivity index (χ4v) is 4.58. The van der Waals surface area contributed by atoms with E-state index in [1.165, 1.54) is 10.9 Å². The van der Waals surface area contributed by atoms with Gasteiger partial charge in [0.25, 0.3) is 5.91 Å². The summed E-state index contributed by atoms with van der Waals surface area (Å²) in [5, 5.41) is 4.44. The van der Waals surface area contributed by atoms with Crippen LogP contribution in [-0.2, 0) is 17.8 Å². The van der Waals surface area contributed by atoms with E-state index in [9.17, 15) is 9.59 Å². The number of rotatable bonds is 3. The molecule has 2 aromatic carbocycles. The van der Waals surface area contributed by atoms with E-state index in [4.69, 9.17) is 0 Å². The second-order valence-electron chi connectivity index (χ2n) is 7.78. The van der Waals surface area contributed by atoms with E-state index in [0.29, 0.717) is 12.1 Å². The highest BCUT2D eigenvalue weighted by atomic mass is 16.2. The molecule has 2 amide bonds. The number of nitrogens with one attached hydrogen (secondary N) is 2.